The smallest absolute Gasteiger partial charge is 0.416 e. The number of piperidine rings is 1. The van der Waals surface area contributed by atoms with Gasteiger partial charge >= 0.3 is 6.18 Å². The first-order valence-electron chi connectivity index (χ1n) is 9.71. The molecule has 1 heterocycles. The summed E-state index contributed by atoms with van der Waals surface area (Å²) in [6, 6.07) is 7.53. The van der Waals surface area contributed by atoms with Gasteiger partial charge in [0, 0.05) is 35.7 Å². The number of nitrogens with one attached hydrogen (secondary N) is 1. The van der Waals surface area contributed by atoms with Gasteiger partial charge in [-0.15, -0.1) is 0 Å². The van der Waals surface area contributed by atoms with E-state index in [0.29, 0.717) is 42.4 Å². The van der Waals surface area contributed by atoms with Crippen LogP contribution >= 0.6 is 11.6 Å². The van der Waals surface area contributed by atoms with E-state index in [1.54, 1.807) is 17.0 Å². The summed E-state index contributed by atoms with van der Waals surface area (Å²) in [5.74, 6) is -0.361. The van der Waals surface area contributed by atoms with Crippen molar-refractivity contribution in [1.82, 2.24) is 4.90 Å². The van der Waals surface area contributed by atoms with E-state index < -0.39 is 11.7 Å². The zero-order valence-electron chi connectivity index (χ0n) is 17.1. The molecule has 0 spiro atoms. The van der Waals surface area contributed by atoms with E-state index in [4.69, 9.17) is 16.3 Å². The molecule has 5 nitrogen and oxygen atoms in total. The summed E-state index contributed by atoms with van der Waals surface area (Å²) >= 11 is 6.09. The molecule has 2 amide bonds. The van der Waals surface area contributed by atoms with Crippen LogP contribution in [0.15, 0.2) is 36.4 Å². The van der Waals surface area contributed by atoms with E-state index in [1.807, 2.05) is 6.92 Å². The second-order valence-corrected chi connectivity index (χ2v) is 7.84. The molecule has 0 unspecified atom stereocenters. The molecule has 1 fully saturated rings. The highest BCUT2D eigenvalue weighted by molar-refractivity contribution is 6.31. The molecule has 31 heavy (non-hydrogen) atoms. The Labute approximate surface area is 183 Å². The average Bonchev–Trinajstić information content (AvgIpc) is 2.75. The topological polar surface area (TPSA) is 58.6 Å². The minimum atomic E-state index is -4.45. The summed E-state index contributed by atoms with van der Waals surface area (Å²) in [6.45, 7) is 2.51. The van der Waals surface area contributed by atoms with Crippen LogP contribution in [0.3, 0.4) is 0 Å². The van der Waals surface area contributed by atoms with Crippen molar-refractivity contribution in [2.45, 2.75) is 25.9 Å². The number of ether oxygens (including phenoxy) is 1. The Bertz CT molecular complexity index is 969. The molecule has 3 rings (SSSR count). The molecule has 0 radical (unpaired) electrons. The first-order valence-corrected chi connectivity index (χ1v) is 10.1. The van der Waals surface area contributed by atoms with Crippen molar-refractivity contribution < 1.29 is 27.5 Å². The fourth-order valence-corrected chi connectivity index (χ4v) is 3.65. The highest BCUT2D eigenvalue weighted by atomic mass is 35.5. The predicted molar refractivity (Wildman–Crippen MR) is 111 cm³/mol. The number of halogens is 4. The van der Waals surface area contributed by atoms with E-state index in [0.717, 1.165) is 17.7 Å². The van der Waals surface area contributed by atoms with Crippen LogP contribution in [0.25, 0.3) is 0 Å². The second-order valence-electron chi connectivity index (χ2n) is 7.43. The summed E-state index contributed by atoms with van der Waals surface area (Å²) in [5, 5.41) is 3.40. The number of alkyl halides is 3. The predicted octanol–water partition coefficient (Wildman–Crippen LogP) is 5.17. The van der Waals surface area contributed by atoms with Crippen LogP contribution in [0.5, 0.6) is 5.75 Å². The standard InChI is InChI=1S/C22H22ClF3N2O3/c1-13-11-18(19(31-2)12-17(13)23)27-20(29)14-7-9-28(10-8-14)21(30)15-3-5-16(6-4-15)22(24,25)26/h3-6,11-12,14H,7-10H2,1-2H3,(H,27,29). The van der Waals surface area contributed by atoms with Gasteiger partial charge in [0.15, 0.2) is 0 Å². The average molecular weight is 455 g/mol. The maximum absolute atomic E-state index is 12.7. The van der Waals surface area contributed by atoms with Crippen molar-refractivity contribution in [2.24, 2.45) is 5.92 Å². The van der Waals surface area contributed by atoms with E-state index >= 15 is 0 Å². The van der Waals surface area contributed by atoms with Crippen LogP contribution in [0.1, 0.15) is 34.3 Å². The molecule has 1 N–H and O–H groups in total. The van der Waals surface area contributed by atoms with Gasteiger partial charge in [-0.05, 0) is 55.7 Å². The molecule has 0 aromatic heterocycles. The molecular formula is C22H22ClF3N2O3. The Morgan fingerprint density at radius 3 is 2.29 bits per heavy atom. The summed E-state index contributed by atoms with van der Waals surface area (Å²) in [4.78, 5) is 26.9. The van der Waals surface area contributed by atoms with Gasteiger partial charge in [-0.1, -0.05) is 11.6 Å². The number of aryl methyl sites for hydroxylation is 1. The monoisotopic (exact) mass is 454 g/mol. The van der Waals surface area contributed by atoms with Crippen LogP contribution in [0.4, 0.5) is 18.9 Å². The fourth-order valence-electron chi connectivity index (χ4n) is 3.49. The Kier molecular flexibility index (Phi) is 6.79. The SMILES string of the molecule is COc1cc(Cl)c(C)cc1NC(=O)C1CCN(C(=O)c2ccc(C(F)(F)F)cc2)CC1. The quantitative estimate of drug-likeness (QED) is 0.693. The van der Waals surface area contributed by atoms with Crippen LogP contribution in [0, 0.1) is 12.8 Å². The number of hydrogen-bond acceptors (Lipinski definition) is 3. The Balaban J connectivity index is 1.60. The number of nitrogens with zero attached hydrogens (tertiary/aromatic N) is 1. The fraction of sp³-hybridized carbons (Fsp3) is 0.364. The van der Waals surface area contributed by atoms with E-state index in [2.05, 4.69) is 5.32 Å². The molecule has 166 valence electrons. The lowest BCUT2D eigenvalue weighted by Gasteiger charge is -2.31. The number of amides is 2. The third kappa shape index (κ3) is 5.31. The number of benzene rings is 2. The minimum absolute atomic E-state index is 0.179. The molecule has 0 bridgehead atoms. The van der Waals surface area contributed by atoms with Crippen molar-refractivity contribution in [2.75, 3.05) is 25.5 Å². The lowest BCUT2D eigenvalue weighted by molar-refractivity contribution is -0.137. The molecule has 1 aliphatic rings. The molecule has 0 aliphatic carbocycles. The number of likely N-dealkylation sites (tertiary alicyclic amines) is 1. The van der Waals surface area contributed by atoms with Crippen molar-refractivity contribution in [1.29, 1.82) is 0 Å². The summed E-state index contributed by atoms with van der Waals surface area (Å²) in [7, 11) is 1.49. The first-order chi connectivity index (χ1) is 14.6. The van der Waals surface area contributed by atoms with Crippen LogP contribution in [-0.4, -0.2) is 36.9 Å². The lowest BCUT2D eigenvalue weighted by atomic mass is 9.95. The molecule has 2 aromatic carbocycles. The summed E-state index contributed by atoms with van der Waals surface area (Å²) < 4.78 is 43.4. The molecule has 1 saturated heterocycles. The van der Waals surface area contributed by atoms with Crippen molar-refractivity contribution in [3.8, 4) is 5.75 Å². The number of hydrogen-bond donors (Lipinski definition) is 1. The third-order valence-electron chi connectivity index (χ3n) is 5.35. The number of rotatable bonds is 4. The van der Waals surface area contributed by atoms with Gasteiger partial charge in [0.25, 0.3) is 5.91 Å². The van der Waals surface area contributed by atoms with Crippen LogP contribution in [-0.2, 0) is 11.0 Å². The minimum Gasteiger partial charge on any atom is -0.495 e. The zero-order valence-corrected chi connectivity index (χ0v) is 17.8. The third-order valence-corrected chi connectivity index (χ3v) is 5.76. The van der Waals surface area contributed by atoms with Gasteiger partial charge in [0.2, 0.25) is 5.91 Å². The summed E-state index contributed by atoms with van der Waals surface area (Å²) in [6.07, 6.45) is -3.54. The molecular weight excluding hydrogens is 433 g/mol. The normalized spacial score (nSPS) is 15.0. The van der Waals surface area contributed by atoms with Gasteiger partial charge in [-0.3, -0.25) is 9.59 Å². The Morgan fingerprint density at radius 1 is 1.13 bits per heavy atom. The van der Waals surface area contributed by atoms with Gasteiger partial charge in [-0.25, -0.2) is 0 Å². The van der Waals surface area contributed by atoms with Crippen molar-refractivity contribution in [3.05, 3.63) is 58.1 Å². The van der Waals surface area contributed by atoms with Crippen molar-refractivity contribution in [3.63, 3.8) is 0 Å². The largest absolute Gasteiger partial charge is 0.495 e. The molecule has 0 saturated carbocycles. The first kappa shape index (κ1) is 22.9. The number of methoxy groups -OCH3 is 1. The summed E-state index contributed by atoms with van der Waals surface area (Å²) in [5.41, 5.74) is 0.719. The molecule has 0 atom stereocenters. The Hall–Kier alpha value is -2.74. The molecule has 1 aliphatic heterocycles. The van der Waals surface area contributed by atoms with Gasteiger partial charge in [0.1, 0.15) is 5.75 Å². The van der Waals surface area contributed by atoms with Gasteiger partial charge < -0.3 is 15.0 Å². The number of carbonyl (C=O) groups is 2. The van der Waals surface area contributed by atoms with E-state index in [9.17, 15) is 22.8 Å². The lowest BCUT2D eigenvalue weighted by Crippen LogP contribution is -2.41. The van der Waals surface area contributed by atoms with Crippen molar-refractivity contribution >= 4 is 29.1 Å². The number of carbonyl (C=O) groups excluding carboxylic acids is 2. The maximum Gasteiger partial charge on any atom is 0.416 e. The zero-order chi connectivity index (χ0) is 22.8. The highest BCUT2D eigenvalue weighted by Gasteiger charge is 2.31. The van der Waals surface area contributed by atoms with Gasteiger partial charge in [0.05, 0.1) is 18.4 Å². The Morgan fingerprint density at radius 2 is 1.74 bits per heavy atom. The van der Waals surface area contributed by atoms with E-state index in [-0.39, 0.29) is 23.3 Å². The second kappa shape index (κ2) is 9.18. The van der Waals surface area contributed by atoms with E-state index in [1.165, 1.54) is 19.2 Å². The van der Waals surface area contributed by atoms with Gasteiger partial charge in [-0.2, -0.15) is 13.2 Å². The maximum atomic E-state index is 12.7. The molecule has 9 heteroatoms. The van der Waals surface area contributed by atoms with Crippen LogP contribution < -0.4 is 10.1 Å². The number of anilines is 1. The molecule has 2 aromatic rings. The van der Waals surface area contributed by atoms with Crippen LogP contribution in [0.2, 0.25) is 5.02 Å². The highest BCUT2D eigenvalue weighted by Crippen LogP contribution is 2.32.